The Labute approximate surface area is 259 Å². The molecule has 3 aromatic rings. The zero-order chi connectivity index (χ0) is 28.9. The SMILES string of the molecule is O=C1C2CC(c3ccccc3)=C3C4C=CC(C5C(=O)N(c6cccc(Br)c6)C(=O)C45)C3C2C(=O)N1c1cccc(Br)c1. The van der Waals surface area contributed by atoms with Gasteiger partial charge in [-0.2, -0.15) is 0 Å². The van der Waals surface area contributed by atoms with E-state index in [1.807, 2.05) is 60.7 Å². The number of benzene rings is 3. The standard InChI is InChI=1S/C34H24Br2N2O4/c35-18-8-4-10-20(14-18)37-31(39)25-16-24(17-6-2-1-3-7-17)26-22-12-13-23(27(26)30(25)34(37)42)29-28(22)32(40)38(33(29)41)21-11-5-9-19(36)15-21/h1-15,22-23,25,27-30H,16H2. The Morgan fingerprint density at radius 1 is 0.595 bits per heavy atom. The van der Waals surface area contributed by atoms with Crippen LogP contribution in [0.1, 0.15) is 12.0 Å². The lowest BCUT2D eigenvalue weighted by Crippen LogP contribution is -2.51. The Balaban J connectivity index is 1.29. The second-order valence-corrected chi connectivity index (χ2v) is 13.5. The lowest BCUT2D eigenvalue weighted by atomic mass is 9.49. The van der Waals surface area contributed by atoms with E-state index in [1.165, 1.54) is 9.80 Å². The Morgan fingerprint density at radius 2 is 1.19 bits per heavy atom. The molecule has 2 saturated heterocycles. The summed E-state index contributed by atoms with van der Waals surface area (Å²) < 4.78 is 1.56. The van der Waals surface area contributed by atoms with Gasteiger partial charge in [0.15, 0.2) is 0 Å². The number of rotatable bonds is 3. The number of allylic oxidation sites excluding steroid dienone is 4. The Hall–Kier alpha value is -3.62. The molecule has 0 N–H and O–H groups in total. The first-order chi connectivity index (χ1) is 20.3. The zero-order valence-corrected chi connectivity index (χ0v) is 25.4. The van der Waals surface area contributed by atoms with Crippen LogP contribution in [-0.4, -0.2) is 23.6 Å². The van der Waals surface area contributed by atoms with E-state index in [-0.39, 0.29) is 41.4 Å². The van der Waals surface area contributed by atoms with Gasteiger partial charge in [0.25, 0.3) is 0 Å². The first-order valence-corrected chi connectivity index (χ1v) is 15.7. The third-order valence-corrected chi connectivity index (χ3v) is 10.8. The molecule has 208 valence electrons. The van der Waals surface area contributed by atoms with Crippen LogP contribution in [0.25, 0.3) is 5.57 Å². The fourth-order valence-corrected chi connectivity index (χ4v) is 9.03. The van der Waals surface area contributed by atoms with Crippen LogP contribution in [0.3, 0.4) is 0 Å². The fourth-order valence-electron chi connectivity index (χ4n) is 8.26. The molecule has 3 fully saturated rings. The summed E-state index contributed by atoms with van der Waals surface area (Å²) >= 11 is 6.95. The Morgan fingerprint density at radius 3 is 1.83 bits per heavy atom. The highest BCUT2D eigenvalue weighted by Gasteiger charge is 2.67. The molecule has 0 aromatic heterocycles. The summed E-state index contributed by atoms with van der Waals surface area (Å²) in [6.45, 7) is 0. The molecule has 2 aliphatic heterocycles. The van der Waals surface area contributed by atoms with Gasteiger partial charge >= 0.3 is 0 Å². The first-order valence-electron chi connectivity index (χ1n) is 14.1. The van der Waals surface area contributed by atoms with Gasteiger partial charge in [0.1, 0.15) is 0 Å². The fraction of sp³-hybridized carbons (Fsp3) is 0.235. The number of hydrogen-bond donors (Lipinski definition) is 0. The van der Waals surface area contributed by atoms with Gasteiger partial charge in [-0.1, -0.05) is 92.0 Å². The Bertz CT molecular complexity index is 1780. The molecule has 42 heavy (non-hydrogen) atoms. The second-order valence-electron chi connectivity index (χ2n) is 11.7. The van der Waals surface area contributed by atoms with Crippen LogP contribution in [-0.2, 0) is 19.2 Å². The van der Waals surface area contributed by atoms with Crippen LogP contribution in [0, 0.1) is 41.4 Å². The molecule has 9 rings (SSSR count). The minimum absolute atomic E-state index is 0.201. The maximum atomic E-state index is 14.3. The summed E-state index contributed by atoms with van der Waals surface area (Å²) in [5.41, 5.74) is 4.15. The minimum Gasteiger partial charge on any atom is -0.274 e. The van der Waals surface area contributed by atoms with Gasteiger partial charge in [-0.05, 0) is 59.9 Å². The van der Waals surface area contributed by atoms with Crippen LogP contribution >= 0.6 is 31.9 Å². The third-order valence-electron chi connectivity index (χ3n) is 9.76. The molecule has 4 aliphatic carbocycles. The summed E-state index contributed by atoms with van der Waals surface area (Å²) in [6, 6.07) is 24.4. The number of carbonyl (C=O) groups excluding carboxylic acids is 4. The number of anilines is 2. The molecule has 7 unspecified atom stereocenters. The Kier molecular flexibility index (Phi) is 5.86. The molecule has 7 atom stereocenters. The van der Waals surface area contributed by atoms with E-state index in [0.717, 1.165) is 25.7 Å². The van der Waals surface area contributed by atoms with Crippen molar-refractivity contribution in [3.63, 3.8) is 0 Å². The zero-order valence-electron chi connectivity index (χ0n) is 22.2. The summed E-state index contributed by atoms with van der Waals surface area (Å²) in [7, 11) is 0. The number of fused-ring (bicyclic) bond motifs is 1. The predicted octanol–water partition coefficient (Wildman–Crippen LogP) is 6.41. The topological polar surface area (TPSA) is 74.8 Å². The van der Waals surface area contributed by atoms with Crippen molar-refractivity contribution in [3.8, 4) is 0 Å². The molecular weight excluding hydrogens is 660 g/mol. The maximum absolute atomic E-state index is 14.3. The maximum Gasteiger partial charge on any atom is 0.238 e. The van der Waals surface area contributed by atoms with E-state index in [9.17, 15) is 19.2 Å². The molecule has 1 saturated carbocycles. The van der Waals surface area contributed by atoms with Gasteiger partial charge in [0.2, 0.25) is 23.6 Å². The molecule has 3 aromatic carbocycles. The van der Waals surface area contributed by atoms with Gasteiger partial charge in [-0.25, -0.2) is 9.80 Å². The quantitative estimate of drug-likeness (QED) is 0.236. The van der Waals surface area contributed by atoms with Crippen molar-refractivity contribution in [2.24, 2.45) is 41.4 Å². The van der Waals surface area contributed by atoms with Gasteiger partial charge < -0.3 is 0 Å². The van der Waals surface area contributed by atoms with E-state index in [0.29, 0.717) is 17.8 Å². The number of amides is 4. The van der Waals surface area contributed by atoms with E-state index in [1.54, 1.807) is 24.3 Å². The highest BCUT2D eigenvalue weighted by atomic mass is 79.9. The minimum atomic E-state index is -0.597. The van der Waals surface area contributed by atoms with E-state index < -0.39 is 23.7 Å². The van der Waals surface area contributed by atoms with Crippen LogP contribution in [0.15, 0.2) is 106 Å². The molecule has 6 nitrogen and oxygen atoms in total. The van der Waals surface area contributed by atoms with Crippen LogP contribution in [0.4, 0.5) is 11.4 Å². The number of nitrogens with zero attached hydrogens (tertiary/aromatic N) is 2. The van der Waals surface area contributed by atoms with Gasteiger partial charge in [-0.15, -0.1) is 0 Å². The number of imide groups is 2. The van der Waals surface area contributed by atoms with Crippen molar-refractivity contribution in [2.75, 3.05) is 9.80 Å². The third kappa shape index (κ3) is 3.54. The van der Waals surface area contributed by atoms with Gasteiger partial charge in [0.05, 0.1) is 35.0 Å². The highest BCUT2D eigenvalue weighted by molar-refractivity contribution is 9.10. The second kappa shape index (κ2) is 9.44. The van der Waals surface area contributed by atoms with Crippen molar-refractivity contribution in [1.29, 1.82) is 0 Å². The van der Waals surface area contributed by atoms with E-state index in [2.05, 4.69) is 37.9 Å². The van der Waals surface area contributed by atoms with Gasteiger partial charge in [0, 0.05) is 20.8 Å². The monoisotopic (exact) mass is 682 g/mol. The van der Waals surface area contributed by atoms with Crippen molar-refractivity contribution < 1.29 is 19.2 Å². The lowest BCUT2D eigenvalue weighted by molar-refractivity contribution is -0.129. The average Bonchev–Trinajstić information content (AvgIpc) is 3.42. The largest absolute Gasteiger partial charge is 0.274 e. The molecule has 8 heteroatoms. The van der Waals surface area contributed by atoms with E-state index >= 15 is 0 Å². The molecular formula is C34H24Br2N2O4. The first kappa shape index (κ1) is 26.0. The molecule has 2 bridgehead atoms. The smallest absolute Gasteiger partial charge is 0.238 e. The predicted molar refractivity (Wildman–Crippen MR) is 165 cm³/mol. The molecule has 6 aliphatic rings. The molecule has 2 heterocycles. The van der Waals surface area contributed by atoms with Crippen molar-refractivity contribution in [3.05, 3.63) is 111 Å². The summed E-state index contributed by atoms with van der Waals surface area (Å²) in [6.07, 6.45) is 4.53. The normalized spacial score (nSPS) is 31.1. The van der Waals surface area contributed by atoms with Crippen LogP contribution < -0.4 is 9.80 Å². The average molecular weight is 684 g/mol. The number of halogens is 2. The van der Waals surface area contributed by atoms with Crippen LogP contribution in [0.2, 0.25) is 0 Å². The number of hydrogen-bond acceptors (Lipinski definition) is 4. The van der Waals surface area contributed by atoms with Crippen molar-refractivity contribution >= 4 is 72.4 Å². The van der Waals surface area contributed by atoms with Crippen molar-refractivity contribution in [2.45, 2.75) is 6.42 Å². The molecule has 4 amide bonds. The molecule has 0 radical (unpaired) electrons. The van der Waals surface area contributed by atoms with Gasteiger partial charge in [-0.3, -0.25) is 19.2 Å². The highest BCUT2D eigenvalue weighted by Crippen LogP contribution is 2.63. The van der Waals surface area contributed by atoms with Crippen molar-refractivity contribution in [1.82, 2.24) is 0 Å². The molecule has 0 spiro atoms. The van der Waals surface area contributed by atoms with Crippen LogP contribution in [0.5, 0.6) is 0 Å². The van der Waals surface area contributed by atoms with E-state index in [4.69, 9.17) is 0 Å². The summed E-state index contributed by atoms with van der Waals surface area (Å²) in [5.74, 6) is -4.16. The summed E-state index contributed by atoms with van der Waals surface area (Å²) in [5, 5.41) is 0. The lowest BCUT2D eigenvalue weighted by Gasteiger charge is -2.51. The summed E-state index contributed by atoms with van der Waals surface area (Å²) in [4.78, 5) is 59.2. The number of carbonyl (C=O) groups is 4.